The number of methoxy groups -OCH3 is 1. The molecule has 0 unspecified atom stereocenters. The Morgan fingerprint density at radius 1 is 1.22 bits per heavy atom. The Kier molecular flexibility index (Phi) is 6.56. The minimum absolute atomic E-state index is 0.00796. The lowest BCUT2D eigenvalue weighted by Crippen LogP contribution is -2.39. The number of halogens is 2. The predicted molar refractivity (Wildman–Crippen MR) is 130 cm³/mol. The van der Waals surface area contributed by atoms with Crippen LogP contribution >= 0.6 is 0 Å². The fourth-order valence-corrected chi connectivity index (χ4v) is 4.32. The van der Waals surface area contributed by atoms with E-state index in [2.05, 4.69) is 26.3 Å². The summed E-state index contributed by atoms with van der Waals surface area (Å²) in [5.74, 6) is -1.000. The van der Waals surface area contributed by atoms with Crippen LogP contribution in [0.25, 0.3) is 0 Å². The molecule has 11 heteroatoms. The molecule has 2 aromatic heterocycles. The molecule has 9 nitrogen and oxygen atoms in total. The maximum Gasteiger partial charge on any atom is 0.262 e. The normalized spacial score (nSPS) is 16.5. The summed E-state index contributed by atoms with van der Waals surface area (Å²) < 4.78 is 38.2. The highest BCUT2D eigenvalue weighted by atomic mass is 19.1. The highest BCUT2D eigenvalue weighted by molar-refractivity contribution is 6.06. The number of rotatable bonds is 7. The van der Waals surface area contributed by atoms with E-state index in [9.17, 15) is 18.8 Å². The lowest BCUT2D eigenvalue weighted by molar-refractivity contribution is 0.102. The molecule has 2 fully saturated rings. The second-order valence-corrected chi connectivity index (χ2v) is 9.01. The Hall–Kier alpha value is -4.33. The summed E-state index contributed by atoms with van der Waals surface area (Å²) in [6.07, 6.45) is 5.30. The van der Waals surface area contributed by atoms with Gasteiger partial charge in [0.15, 0.2) is 23.2 Å². The second kappa shape index (κ2) is 9.97. The van der Waals surface area contributed by atoms with Crippen LogP contribution in [0.15, 0.2) is 42.7 Å². The van der Waals surface area contributed by atoms with Crippen molar-refractivity contribution in [3.63, 3.8) is 0 Å². The van der Waals surface area contributed by atoms with Crippen molar-refractivity contribution in [3.05, 3.63) is 65.6 Å². The zero-order chi connectivity index (χ0) is 26.0. The molecule has 1 saturated carbocycles. The lowest BCUT2D eigenvalue weighted by atomic mass is 10.1. The Balaban J connectivity index is 1.36. The largest absolute Gasteiger partial charge is 0.487 e. The van der Waals surface area contributed by atoms with E-state index in [1.807, 2.05) is 4.90 Å². The summed E-state index contributed by atoms with van der Waals surface area (Å²) in [5, 5.41) is 12.5. The van der Waals surface area contributed by atoms with Crippen LogP contribution in [0.4, 0.5) is 20.4 Å². The van der Waals surface area contributed by atoms with Gasteiger partial charge in [0.05, 0.1) is 25.1 Å². The zero-order valence-corrected chi connectivity index (χ0v) is 20.1. The lowest BCUT2D eigenvalue weighted by Gasteiger charge is -2.33. The molecule has 1 N–H and O–H groups in total. The van der Waals surface area contributed by atoms with E-state index in [1.54, 1.807) is 18.3 Å². The summed E-state index contributed by atoms with van der Waals surface area (Å²) in [5.41, 5.74) is 0.0621. The van der Waals surface area contributed by atoms with Gasteiger partial charge in [-0.05, 0) is 37.1 Å². The number of carbonyl (C=O) groups is 1. The SMILES string of the molecule is COc1ncccc1C(=O)Nc1nc(C2(C#N)CC2)cnc1N1CCC(Oc2ccc(F)cc2F)CC1. The van der Waals surface area contributed by atoms with E-state index in [0.29, 0.717) is 50.3 Å². The average molecular weight is 507 g/mol. The Labute approximate surface area is 212 Å². The third-order valence-electron chi connectivity index (χ3n) is 6.58. The van der Waals surface area contributed by atoms with E-state index < -0.39 is 23.0 Å². The van der Waals surface area contributed by atoms with E-state index in [4.69, 9.17) is 9.47 Å². The topological polar surface area (TPSA) is 113 Å². The molecule has 3 aromatic rings. The summed E-state index contributed by atoms with van der Waals surface area (Å²) in [6.45, 7) is 1.01. The maximum absolute atomic E-state index is 14.0. The minimum atomic E-state index is -0.744. The van der Waals surface area contributed by atoms with E-state index in [0.717, 1.165) is 12.1 Å². The van der Waals surface area contributed by atoms with Crippen LogP contribution in [0.5, 0.6) is 11.6 Å². The van der Waals surface area contributed by atoms with Crippen molar-refractivity contribution in [3.8, 4) is 17.7 Å². The van der Waals surface area contributed by atoms with Crippen molar-refractivity contribution in [2.75, 3.05) is 30.4 Å². The highest BCUT2D eigenvalue weighted by Gasteiger charge is 2.47. The van der Waals surface area contributed by atoms with E-state index >= 15 is 0 Å². The van der Waals surface area contributed by atoms with Crippen LogP contribution in [0.3, 0.4) is 0 Å². The first kappa shape index (κ1) is 24.4. The van der Waals surface area contributed by atoms with Crippen LogP contribution < -0.4 is 19.7 Å². The van der Waals surface area contributed by atoms with Crippen LogP contribution in [0.1, 0.15) is 41.7 Å². The number of amides is 1. The summed E-state index contributed by atoms with van der Waals surface area (Å²) >= 11 is 0. The molecule has 1 saturated heterocycles. The smallest absolute Gasteiger partial charge is 0.262 e. The van der Waals surface area contributed by atoms with Gasteiger partial charge in [-0.2, -0.15) is 5.26 Å². The first-order valence-corrected chi connectivity index (χ1v) is 11.9. The summed E-state index contributed by atoms with van der Waals surface area (Å²) in [4.78, 5) is 28.4. The number of ether oxygens (including phenoxy) is 2. The summed E-state index contributed by atoms with van der Waals surface area (Å²) in [6, 6.07) is 8.76. The molecule has 1 aliphatic carbocycles. The molecule has 1 amide bonds. The predicted octanol–water partition coefficient (Wildman–Crippen LogP) is 4.01. The molecule has 1 aromatic carbocycles. The molecule has 0 radical (unpaired) electrons. The Bertz CT molecular complexity index is 1370. The van der Waals surface area contributed by atoms with Crippen molar-refractivity contribution < 1.29 is 23.0 Å². The number of anilines is 2. The molecule has 37 heavy (non-hydrogen) atoms. The summed E-state index contributed by atoms with van der Waals surface area (Å²) in [7, 11) is 1.43. The third kappa shape index (κ3) is 5.00. The van der Waals surface area contributed by atoms with Gasteiger partial charge in [-0.1, -0.05) is 0 Å². The number of nitrogens with zero attached hydrogens (tertiary/aromatic N) is 5. The van der Waals surface area contributed by atoms with Crippen molar-refractivity contribution in [1.29, 1.82) is 5.26 Å². The fraction of sp³-hybridized carbons (Fsp3) is 0.346. The van der Waals surface area contributed by atoms with Gasteiger partial charge in [-0.3, -0.25) is 4.79 Å². The molecule has 190 valence electrons. The van der Waals surface area contributed by atoms with E-state index in [-0.39, 0.29) is 29.1 Å². The first-order chi connectivity index (χ1) is 17.9. The molecule has 2 aliphatic rings. The van der Waals surface area contributed by atoms with Crippen LogP contribution in [-0.2, 0) is 5.41 Å². The second-order valence-electron chi connectivity index (χ2n) is 9.01. The van der Waals surface area contributed by atoms with Crippen molar-refractivity contribution in [2.24, 2.45) is 0 Å². The number of carbonyl (C=O) groups excluding carboxylic acids is 1. The number of hydrogen-bond acceptors (Lipinski definition) is 8. The Morgan fingerprint density at radius 3 is 2.68 bits per heavy atom. The third-order valence-corrected chi connectivity index (χ3v) is 6.58. The van der Waals surface area contributed by atoms with Crippen molar-refractivity contribution >= 4 is 17.5 Å². The molecular weight excluding hydrogens is 482 g/mol. The van der Waals surface area contributed by atoms with Gasteiger partial charge in [0.25, 0.3) is 5.91 Å². The zero-order valence-electron chi connectivity index (χ0n) is 20.1. The quantitative estimate of drug-likeness (QED) is 0.511. The number of nitrogens with one attached hydrogen (secondary N) is 1. The molecule has 0 atom stereocenters. The van der Waals surface area contributed by atoms with Gasteiger partial charge >= 0.3 is 0 Å². The molecule has 5 rings (SSSR count). The maximum atomic E-state index is 14.0. The van der Waals surface area contributed by atoms with Gasteiger partial charge in [-0.25, -0.2) is 23.7 Å². The molecular formula is C26H24F2N6O3. The van der Waals surface area contributed by atoms with Gasteiger partial charge < -0.3 is 19.7 Å². The molecule has 0 bridgehead atoms. The van der Waals surface area contributed by atoms with Gasteiger partial charge in [0.2, 0.25) is 5.88 Å². The van der Waals surface area contributed by atoms with Crippen molar-refractivity contribution in [1.82, 2.24) is 15.0 Å². The standard InChI is InChI=1S/C26H24F2N6O3/c1-36-25-18(3-2-10-30-25)24(35)33-22-23(31-14-21(32-22)26(15-29)8-9-26)34-11-6-17(7-12-34)37-20-5-4-16(27)13-19(20)28/h2-5,10,13-14,17H,6-9,11-12H2,1H3,(H,32,33,35). The van der Waals surface area contributed by atoms with E-state index in [1.165, 1.54) is 19.4 Å². The number of piperidine rings is 1. The number of aromatic nitrogens is 3. The minimum Gasteiger partial charge on any atom is -0.487 e. The number of benzene rings is 1. The average Bonchev–Trinajstić information content (AvgIpc) is 3.72. The monoisotopic (exact) mass is 506 g/mol. The van der Waals surface area contributed by atoms with Gasteiger partial charge in [-0.15, -0.1) is 0 Å². The number of pyridine rings is 1. The molecule has 3 heterocycles. The fourth-order valence-electron chi connectivity index (χ4n) is 4.32. The number of hydrogen-bond donors (Lipinski definition) is 1. The van der Waals surface area contributed by atoms with Crippen molar-refractivity contribution in [2.45, 2.75) is 37.2 Å². The van der Waals surface area contributed by atoms with Crippen LogP contribution in [-0.4, -0.2) is 47.2 Å². The van der Waals surface area contributed by atoms with Crippen LogP contribution in [0, 0.1) is 23.0 Å². The highest BCUT2D eigenvalue weighted by Crippen LogP contribution is 2.47. The Morgan fingerprint density at radius 2 is 2.00 bits per heavy atom. The van der Waals surface area contributed by atoms with Gasteiger partial charge in [0.1, 0.15) is 22.9 Å². The first-order valence-electron chi connectivity index (χ1n) is 11.9. The van der Waals surface area contributed by atoms with Crippen LogP contribution in [0.2, 0.25) is 0 Å². The molecule has 0 spiro atoms. The van der Waals surface area contributed by atoms with Gasteiger partial charge in [0, 0.05) is 38.2 Å². The number of nitriles is 1. The molecule has 1 aliphatic heterocycles.